The summed E-state index contributed by atoms with van der Waals surface area (Å²) in [6.45, 7) is 3.06. The monoisotopic (exact) mass is 417 g/mol. The highest BCUT2D eigenvalue weighted by Crippen LogP contribution is 2.38. The van der Waals surface area contributed by atoms with E-state index in [1.54, 1.807) is 0 Å². The molecule has 1 aromatic carbocycles. The summed E-state index contributed by atoms with van der Waals surface area (Å²) >= 11 is 0. The summed E-state index contributed by atoms with van der Waals surface area (Å²) in [6.07, 6.45) is -1.24. The summed E-state index contributed by atoms with van der Waals surface area (Å²) in [5.41, 5.74) is 1.77. The summed E-state index contributed by atoms with van der Waals surface area (Å²) < 4.78 is 45.1. The largest absolute Gasteiger partial charge is 0.431 e. The van der Waals surface area contributed by atoms with Gasteiger partial charge >= 0.3 is 6.18 Å². The SMILES string of the molecule is FC(F)(F)c1cc2c(NC3c4ccccc4CC[C@@H]3N3CCOCC3)ncnc2[nH]1. The van der Waals surface area contributed by atoms with E-state index in [0.29, 0.717) is 24.4 Å². The first-order valence-electron chi connectivity index (χ1n) is 10.1. The highest BCUT2D eigenvalue weighted by molar-refractivity contribution is 5.88. The molecule has 1 saturated heterocycles. The fourth-order valence-electron chi connectivity index (χ4n) is 4.57. The number of alkyl halides is 3. The summed E-state index contributed by atoms with van der Waals surface area (Å²) in [5.74, 6) is 0.409. The number of aryl methyl sites for hydroxylation is 1. The van der Waals surface area contributed by atoms with Gasteiger partial charge in [0, 0.05) is 19.1 Å². The molecule has 2 aliphatic rings. The van der Waals surface area contributed by atoms with E-state index in [9.17, 15) is 13.2 Å². The number of hydrogen-bond donors (Lipinski definition) is 2. The van der Waals surface area contributed by atoms with Crippen molar-refractivity contribution < 1.29 is 17.9 Å². The van der Waals surface area contributed by atoms with Crippen LogP contribution in [0.2, 0.25) is 0 Å². The van der Waals surface area contributed by atoms with E-state index >= 15 is 0 Å². The van der Waals surface area contributed by atoms with Gasteiger partial charge in [-0.2, -0.15) is 13.2 Å². The van der Waals surface area contributed by atoms with Gasteiger partial charge in [0.05, 0.1) is 24.6 Å². The van der Waals surface area contributed by atoms with Crippen molar-refractivity contribution in [2.45, 2.75) is 31.1 Å². The minimum Gasteiger partial charge on any atom is -0.379 e. The van der Waals surface area contributed by atoms with Crippen molar-refractivity contribution in [2.75, 3.05) is 31.6 Å². The molecule has 5 rings (SSSR count). The molecule has 2 atom stereocenters. The van der Waals surface area contributed by atoms with Crippen LogP contribution in [0.4, 0.5) is 19.0 Å². The van der Waals surface area contributed by atoms with E-state index < -0.39 is 11.9 Å². The van der Waals surface area contributed by atoms with Crippen molar-refractivity contribution in [3.05, 3.63) is 53.5 Å². The maximum atomic E-state index is 13.2. The average Bonchev–Trinajstić information content (AvgIpc) is 3.21. The molecule has 30 heavy (non-hydrogen) atoms. The number of anilines is 1. The fraction of sp³-hybridized carbons (Fsp3) is 0.429. The standard InChI is InChI=1S/C21H22F3N5O/c22-21(23,24)17-11-15-19(27-17)25-12-26-20(15)28-18-14-4-2-1-3-13(14)5-6-16(18)29-7-9-30-10-8-29/h1-4,11-12,16,18H,5-10H2,(H2,25,26,27,28)/t16-,18?/m0/s1. The van der Waals surface area contributed by atoms with E-state index in [0.717, 1.165) is 32.0 Å². The highest BCUT2D eigenvalue weighted by atomic mass is 19.4. The smallest absolute Gasteiger partial charge is 0.379 e. The molecule has 0 spiro atoms. The Kier molecular flexibility index (Phi) is 4.86. The summed E-state index contributed by atoms with van der Waals surface area (Å²) in [4.78, 5) is 13.1. The third kappa shape index (κ3) is 3.52. The lowest BCUT2D eigenvalue weighted by Crippen LogP contribution is -2.49. The van der Waals surface area contributed by atoms with Crippen molar-refractivity contribution in [1.29, 1.82) is 0 Å². The average molecular weight is 417 g/mol. The maximum absolute atomic E-state index is 13.2. The Morgan fingerprint density at radius 2 is 1.93 bits per heavy atom. The molecule has 9 heteroatoms. The van der Waals surface area contributed by atoms with Gasteiger partial charge in [-0.1, -0.05) is 24.3 Å². The minimum atomic E-state index is -4.47. The van der Waals surface area contributed by atoms with Gasteiger partial charge in [0.25, 0.3) is 0 Å². The first-order chi connectivity index (χ1) is 14.5. The molecule has 2 aromatic heterocycles. The Bertz CT molecular complexity index is 1040. The predicted octanol–water partition coefficient (Wildman–Crippen LogP) is 3.78. The Morgan fingerprint density at radius 1 is 1.13 bits per heavy atom. The zero-order chi connectivity index (χ0) is 20.7. The summed E-state index contributed by atoms with van der Waals surface area (Å²) in [6, 6.07) is 9.43. The van der Waals surface area contributed by atoms with Gasteiger partial charge in [0.2, 0.25) is 0 Å². The fourth-order valence-corrected chi connectivity index (χ4v) is 4.57. The van der Waals surface area contributed by atoms with Crippen LogP contribution in [-0.4, -0.2) is 52.2 Å². The van der Waals surface area contributed by atoms with Gasteiger partial charge in [-0.15, -0.1) is 0 Å². The van der Waals surface area contributed by atoms with Gasteiger partial charge in [0.1, 0.15) is 23.5 Å². The van der Waals surface area contributed by atoms with Crippen LogP contribution in [0.5, 0.6) is 0 Å². The number of ether oxygens (including phenoxy) is 1. The molecular weight excluding hydrogens is 395 g/mol. The lowest BCUT2D eigenvalue weighted by molar-refractivity contribution is -0.140. The van der Waals surface area contributed by atoms with Crippen LogP contribution in [0, 0.1) is 0 Å². The van der Waals surface area contributed by atoms with Crippen LogP contribution in [-0.2, 0) is 17.3 Å². The molecule has 0 bridgehead atoms. The number of rotatable bonds is 3. The molecule has 0 saturated carbocycles. The van der Waals surface area contributed by atoms with E-state index in [2.05, 4.69) is 37.3 Å². The lowest BCUT2D eigenvalue weighted by atomic mass is 9.83. The molecule has 3 heterocycles. The first kappa shape index (κ1) is 19.3. The second kappa shape index (κ2) is 7.55. The number of halogens is 3. The number of benzene rings is 1. The van der Waals surface area contributed by atoms with Gasteiger partial charge < -0.3 is 15.0 Å². The second-order valence-corrected chi connectivity index (χ2v) is 7.74. The Balaban J connectivity index is 1.54. The molecule has 2 N–H and O–H groups in total. The highest BCUT2D eigenvalue weighted by Gasteiger charge is 2.36. The molecule has 0 amide bonds. The quantitative estimate of drug-likeness (QED) is 0.679. The third-order valence-electron chi connectivity index (χ3n) is 6.02. The third-order valence-corrected chi connectivity index (χ3v) is 6.02. The number of H-pyrrole nitrogens is 1. The Morgan fingerprint density at radius 3 is 2.73 bits per heavy atom. The van der Waals surface area contributed by atoms with E-state index in [1.807, 2.05) is 12.1 Å². The molecule has 1 fully saturated rings. The van der Waals surface area contributed by atoms with Crippen molar-refractivity contribution in [2.24, 2.45) is 0 Å². The Labute approximate surface area is 171 Å². The van der Waals surface area contributed by atoms with Crippen molar-refractivity contribution >= 4 is 16.9 Å². The summed E-state index contributed by atoms with van der Waals surface area (Å²) in [7, 11) is 0. The van der Waals surface area contributed by atoms with E-state index in [-0.39, 0.29) is 17.7 Å². The number of nitrogens with zero attached hydrogens (tertiary/aromatic N) is 3. The second-order valence-electron chi connectivity index (χ2n) is 7.74. The number of aromatic amines is 1. The van der Waals surface area contributed by atoms with Crippen LogP contribution >= 0.6 is 0 Å². The number of hydrogen-bond acceptors (Lipinski definition) is 5. The summed E-state index contributed by atoms with van der Waals surface area (Å²) in [5, 5.41) is 3.81. The number of morpholine rings is 1. The van der Waals surface area contributed by atoms with Crippen LogP contribution in [0.25, 0.3) is 11.0 Å². The topological polar surface area (TPSA) is 66.1 Å². The maximum Gasteiger partial charge on any atom is 0.431 e. The van der Waals surface area contributed by atoms with E-state index in [1.165, 1.54) is 17.5 Å². The lowest BCUT2D eigenvalue weighted by Gasteiger charge is -2.43. The molecule has 1 aliphatic carbocycles. The number of fused-ring (bicyclic) bond motifs is 2. The van der Waals surface area contributed by atoms with Gasteiger partial charge in [-0.05, 0) is 30.0 Å². The molecule has 3 aromatic rings. The van der Waals surface area contributed by atoms with Crippen LogP contribution < -0.4 is 5.32 Å². The molecular formula is C21H22F3N5O. The number of nitrogens with one attached hydrogen (secondary N) is 2. The van der Waals surface area contributed by atoms with Crippen LogP contribution in [0.15, 0.2) is 36.7 Å². The zero-order valence-corrected chi connectivity index (χ0v) is 16.2. The predicted molar refractivity (Wildman–Crippen MR) is 106 cm³/mol. The molecule has 0 radical (unpaired) electrons. The van der Waals surface area contributed by atoms with Crippen molar-refractivity contribution in [1.82, 2.24) is 19.9 Å². The molecule has 6 nitrogen and oxygen atoms in total. The molecule has 158 valence electrons. The first-order valence-corrected chi connectivity index (χ1v) is 10.1. The zero-order valence-electron chi connectivity index (χ0n) is 16.2. The Hall–Kier alpha value is -2.65. The minimum absolute atomic E-state index is 0.0876. The number of aromatic nitrogens is 3. The van der Waals surface area contributed by atoms with Crippen molar-refractivity contribution in [3.8, 4) is 0 Å². The normalized spacial score (nSPS) is 22.8. The van der Waals surface area contributed by atoms with Gasteiger partial charge in [-0.3, -0.25) is 4.90 Å². The van der Waals surface area contributed by atoms with Gasteiger partial charge in [-0.25, -0.2) is 9.97 Å². The molecule has 1 unspecified atom stereocenters. The molecule has 1 aliphatic heterocycles. The van der Waals surface area contributed by atoms with Crippen LogP contribution in [0.1, 0.15) is 29.3 Å². The van der Waals surface area contributed by atoms with E-state index in [4.69, 9.17) is 4.74 Å². The van der Waals surface area contributed by atoms with Gasteiger partial charge in [0.15, 0.2) is 0 Å². The van der Waals surface area contributed by atoms with Crippen LogP contribution in [0.3, 0.4) is 0 Å². The van der Waals surface area contributed by atoms with Crippen molar-refractivity contribution in [3.63, 3.8) is 0 Å².